The van der Waals surface area contributed by atoms with E-state index in [0.717, 1.165) is 10.6 Å². The molecule has 0 saturated heterocycles. The Morgan fingerprint density at radius 2 is 2.16 bits per heavy atom. The van der Waals surface area contributed by atoms with E-state index >= 15 is 0 Å². The molecule has 3 heterocycles. The smallest absolute Gasteiger partial charge is 0.155 e. The summed E-state index contributed by atoms with van der Waals surface area (Å²) < 4.78 is 23.2. The highest BCUT2D eigenvalue weighted by Crippen LogP contribution is 2.34. The average molecular weight is 296 g/mol. The zero-order valence-electron chi connectivity index (χ0n) is 10.3. The van der Waals surface area contributed by atoms with E-state index in [1.165, 1.54) is 11.3 Å². The minimum atomic E-state index is -2.97. The van der Waals surface area contributed by atoms with Crippen molar-refractivity contribution in [1.29, 1.82) is 0 Å². The summed E-state index contributed by atoms with van der Waals surface area (Å²) in [6.07, 6.45) is 2.11. The van der Waals surface area contributed by atoms with Crippen molar-refractivity contribution in [3.8, 4) is 10.6 Å². The first-order valence-electron chi connectivity index (χ1n) is 5.73. The lowest BCUT2D eigenvalue weighted by Crippen LogP contribution is -2.17. The van der Waals surface area contributed by atoms with Crippen LogP contribution in [0.3, 0.4) is 0 Å². The number of hydrogen-bond acceptors (Lipinski definition) is 7. The number of nitrogen functional groups attached to an aromatic ring is 1. The molecule has 0 radical (unpaired) electrons. The van der Waals surface area contributed by atoms with Gasteiger partial charge in [0, 0.05) is 17.5 Å². The van der Waals surface area contributed by atoms with Crippen LogP contribution >= 0.6 is 11.3 Å². The van der Waals surface area contributed by atoms with Crippen LogP contribution in [0.15, 0.2) is 6.20 Å². The summed E-state index contributed by atoms with van der Waals surface area (Å²) in [4.78, 5) is 13.5. The maximum absolute atomic E-state index is 11.6. The van der Waals surface area contributed by atoms with Gasteiger partial charge < -0.3 is 5.73 Å². The molecule has 0 bridgehead atoms. The number of fused-ring (bicyclic) bond motifs is 1. The van der Waals surface area contributed by atoms with Gasteiger partial charge in [0.1, 0.15) is 16.6 Å². The van der Waals surface area contributed by atoms with E-state index in [2.05, 4.69) is 15.0 Å². The Bertz CT molecular complexity index is 752. The van der Waals surface area contributed by atoms with Crippen molar-refractivity contribution in [3.63, 3.8) is 0 Å². The van der Waals surface area contributed by atoms with Gasteiger partial charge in [0.25, 0.3) is 0 Å². The van der Waals surface area contributed by atoms with E-state index in [1.807, 2.05) is 0 Å². The van der Waals surface area contributed by atoms with E-state index in [-0.39, 0.29) is 11.5 Å². The number of rotatable bonds is 1. The average Bonchev–Trinajstić information content (AvgIpc) is 2.69. The van der Waals surface area contributed by atoms with Gasteiger partial charge in [-0.1, -0.05) is 0 Å². The number of nitrogens with two attached hydrogens (primary N) is 1. The minimum Gasteiger partial charge on any atom is -0.383 e. The first-order valence-corrected chi connectivity index (χ1v) is 8.37. The van der Waals surface area contributed by atoms with Crippen molar-refractivity contribution in [2.75, 3.05) is 11.5 Å². The quantitative estimate of drug-likeness (QED) is 0.841. The highest BCUT2D eigenvalue weighted by atomic mass is 32.2. The van der Waals surface area contributed by atoms with Crippen LogP contribution in [0, 0.1) is 6.92 Å². The van der Waals surface area contributed by atoms with Gasteiger partial charge in [-0.2, -0.15) is 0 Å². The summed E-state index contributed by atoms with van der Waals surface area (Å²) in [5, 5.41) is 0.694. The lowest BCUT2D eigenvalue weighted by Gasteiger charge is -2.09. The zero-order valence-corrected chi connectivity index (χ0v) is 11.9. The Kier molecular flexibility index (Phi) is 2.79. The van der Waals surface area contributed by atoms with Crippen molar-refractivity contribution in [2.45, 2.75) is 19.1 Å². The number of anilines is 1. The Morgan fingerprint density at radius 3 is 2.89 bits per heavy atom. The maximum atomic E-state index is 11.6. The largest absolute Gasteiger partial charge is 0.383 e. The number of nitrogens with zero attached hydrogens (tertiary/aromatic N) is 3. The molecule has 0 fully saturated rings. The second-order valence-electron chi connectivity index (χ2n) is 4.45. The second kappa shape index (κ2) is 4.24. The van der Waals surface area contributed by atoms with Crippen LogP contribution in [-0.2, 0) is 22.0 Å². The first kappa shape index (κ1) is 12.5. The molecule has 0 amide bonds. The minimum absolute atomic E-state index is 0.0760. The van der Waals surface area contributed by atoms with Crippen LogP contribution in [0.2, 0.25) is 0 Å². The summed E-state index contributed by atoms with van der Waals surface area (Å²) in [5.74, 6) is 1.22. The van der Waals surface area contributed by atoms with Crippen molar-refractivity contribution < 1.29 is 8.42 Å². The first-order chi connectivity index (χ1) is 8.94. The Balaban J connectivity index is 2.06. The molecular formula is C11H12N4O2S2. The molecule has 8 heteroatoms. The zero-order chi connectivity index (χ0) is 13.6. The van der Waals surface area contributed by atoms with Crippen LogP contribution in [0.5, 0.6) is 0 Å². The maximum Gasteiger partial charge on any atom is 0.155 e. The third kappa shape index (κ3) is 2.33. The number of aromatic nitrogens is 3. The molecule has 100 valence electrons. The Hall–Kier alpha value is -1.54. The van der Waals surface area contributed by atoms with Gasteiger partial charge in [-0.3, -0.25) is 0 Å². The fraction of sp³-hybridized carbons (Fsp3) is 0.364. The molecule has 6 nitrogen and oxygen atoms in total. The highest BCUT2D eigenvalue weighted by Gasteiger charge is 2.25. The van der Waals surface area contributed by atoms with Crippen LogP contribution in [0.1, 0.15) is 16.4 Å². The third-order valence-electron chi connectivity index (χ3n) is 2.95. The Morgan fingerprint density at radius 1 is 1.37 bits per heavy atom. The van der Waals surface area contributed by atoms with Gasteiger partial charge in [-0.05, 0) is 6.92 Å². The topological polar surface area (TPSA) is 98.8 Å². The number of aryl methyl sites for hydroxylation is 2. The standard InChI is InChI=1S/C11H12N4O2S2/c1-6-13-4-7(10(12)14-6)11-15-8-2-3-19(16,17)5-9(8)18-11/h4H,2-3,5H2,1H3,(H2,12,13,14). The second-order valence-corrected chi connectivity index (χ2v) is 7.71. The molecule has 0 spiro atoms. The fourth-order valence-electron chi connectivity index (χ4n) is 1.98. The van der Waals surface area contributed by atoms with Gasteiger partial charge in [0.2, 0.25) is 0 Å². The van der Waals surface area contributed by atoms with Crippen LogP contribution in [0.25, 0.3) is 10.6 Å². The summed E-state index contributed by atoms with van der Waals surface area (Å²) in [5.41, 5.74) is 7.39. The van der Waals surface area contributed by atoms with E-state index in [4.69, 9.17) is 5.73 Å². The molecule has 2 aromatic rings. The summed E-state index contributed by atoms with van der Waals surface area (Å²) in [7, 11) is -2.97. The van der Waals surface area contributed by atoms with Gasteiger partial charge in [-0.15, -0.1) is 11.3 Å². The number of hydrogen-bond donors (Lipinski definition) is 1. The van der Waals surface area contributed by atoms with E-state index in [0.29, 0.717) is 28.6 Å². The molecule has 1 aliphatic heterocycles. The van der Waals surface area contributed by atoms with E-state index < -0.39 is 9.84 Å². The van der Waals surface area contributed by atoms with E-state index in [1.54, 1.807) is 13.1 Å². The summed E-state index contributed by atoms with van der Waals surface area (Å²) in [6.45, 7) is 1.76. The highest BCUT2D eigenvalue weighted by molar-refractivity contribution is 7.90. The Labute approximate surface area is 114 Å². The van der Waals surface area contributed by atoms with Gasteiger partial charge in [0.05, 0.1) is 22.8 Å². The van der Waals surface area contributed by atoms with Crippen molar-refractivity contribution >= 4 is 27.0 Å². The summed E-state index contributed by atoms with van der Waals surface area (Å²) in [6, 6.07) is 0. The molecule has 19 heavy (non-hydrogen) atoms. The number of thiazole rings is 1. The molecule has 3 rings (SSSR count). The van der Waals surface area contributed by atoms with E-state index in [9.17, 15) is 8.42 Å². The monoisotopic (exact) mass is 296 g/mol. The normalized spacial score (nSPS) is 17.1. The van der Waals surface area contributed by atoms with Crippen molar-refractivity contribution in [2.24, 2.45) is 0 Å². The predicted octanol–water partition coefficient (Wildman–Crippen LogP) is 0.962. The third-order valence-corrected chi connectivity index (χ3v) is 5.82. The predicted molar refractivity (Wildman–Crippen MR) is 73.5 cm³/mol. The van der Waals surface area contributed by atoms with Crippen molar-refractivity contribution in [3.05, 3.63) is 22.6 Å². The SMILES string of the molecule is Cc1ncc(-c2nc3c(s2)CS(=O)(=O)CC3)c(N)n1. The molecule has 0 aliphatic carbocycles. The molecule has 0 aromatic carbocycles. The molecule has 2 aromatic heterocycles. The van der Waals surface area contributed by atoms with Crippen LogP contribution < -0.4 is 5.73 Å². The molecule has 0 unspecified atom stereocenters. The lowest BCUT2D eigenvalue weighted by atomic mass is 10.3. The van der Waals surface area contributed by atoms with Gasteiger partial charge >= 0.3 is 0 Å². The van der Waals surface area contributed by atoms with Crippen LogP contribution in [-0.4, -0.2) is 29.1 Å². The lowest BCUT2D eigenvalue weighted by molar-refractivity contribution is 0.591. The number of sulfone groups is 1. The molecule has 0 saturated carbocycles. The fourth-order valence-corrected chi connectivity index (χ4v) is 4.89. The molecular weight excluding hydrogens is 284 g/mol. The molecule has 0 atom stereocenters. The van der Waals surface area contributed by atoms with Gasteiger partial charge in [-0.25, -0.2) is 23.4 Å². The van der Waals surface area contributed by atoms with Gasteiger partial charge in [0.15, 0.2) is 9.84 Å². The molecule has 2 N–H and O–H groups in total. The summed E-state index contributed by atoms with van der Waals surface area (Å²) >= 11 is 1.36. The van der Waals surface area contributed by atoms with Crippen molar-refractivity contribution in [1.82, 2.24) is 15.0 Å². The molecule has 1 aliphatic rings. The van der Waals surface area contributed by atoms with Crippen LogP contribution in [0.4, 0.5) is 5.82 Å².